The van der Waals surface area contributed by atoms with E-state index in [2.05, 4.69) is 31.3 Å². The second-order valence-corrected chi connectivity index (χ2v) is 9.10. The number of aromatic nitrogens is 3. The maximum Gasteiger partial charge on any atom is 0.416 e. The smallest absolute Gasteiger partial charge is 0.382 e. The van der Waals surface area contributed by atoms with Crippen LogP contribution in [0, 0.1) is 5.82 Å². The lowest BCUT2D eigenvalue weighted by Gasteiger charge is -2.23. The normalized spacial score (nSPS) is 15.5. The molecule has 3 heterocycles. The van der Waals surface area contributed by atoms with Gasteiger partial charge in [-0.2, -0.15) is 18.3 Å². The highest BCUT2D eigenvalue weighted by Crippen LogP contribution is 2.33. The van der Waals surface area contributed by atoms with Crippen LogP contribution in [0.1, 0.15) is 16.1 Å². The van der Waals surface area contributed by atoms with Gasteiger partial charge in [0, 0.05) is 30.9 Å². The number of urea groups is 1. The first-order chi connectivity index (χ1) is 19.6. The van der Waals surface area contributed by atoms with Crippen molar-refractivity contribution in [2.75, 3.05) is 42.6 Å². The average molecular weight is 573 g/mol. The second kappa shape index (κ2) is 11.4. The number of benzene rings is 2. The SMILES string of the molecule is Nc1ncnn2c(C(=O)NCC3CNCCO3)cc(-c3ccc(NC(=O)Nc4cc(C(F)(F)F)ccc4F)cc3)c12. The molecular weight excluding hydrogens is 548 g/mol. The van der Waals surface area contributed by atoms with Crippen LogP contribution in [0.5, 0.6) is 0 Å². The van der Waals surface area contributed by atoms with E-state index in [0.717, 1.165) is 6.54 Å². The number of hydrogen-bond donors (Lipinski definition) is 5. The number of fused-ring (bicyclic) bond motifs is 1. The van der Waals surface area contributed by atoms with Gasteiger partial charge in [-0.15, -0.1) is 0 Å². The summed E-state index contributed by atoms with van der Waals surface area (Å²) in [6, 6.07) is 8.69. The van der Waals surface area contributed by atoms with Crippen LogP contribution in [0.3, 0.4) is 0 Å². The van der Waals surface area contributed by atoms with Crippen LogP contribution in [0.25, 0.3) is 16.6 Å². The van der Waals surface area contributed by atoms with Gasteiger partial charge in [0.25, 0.3) is 5.91 Å². The predicted molar refractivity (Wildman–Crippen MR) is 142 cm³/mol. The first kappa shape index (κ1) is 27.8. The molecule has 0 bridgehead atoms. The Morgan fingerprint density at radius 3 is 2.61 bits per heavy atom. The molecule has 1 unspecified atom stereocenters. The van der Waals surface area contributed by atoms with Crippen LogP contribution in [0.4, 0.5) is 39.5 Å². The Kier molecular flexibility index (Phi) is 7.72. The molecule has 214 valence electrons. The molecule has 1 aliphatic rings. The number of alkyl halides is 3. The fraction of sp³-hybridized carbons (Fsp3) is 0.231. The molecule has 1 saturated heterocycles. The Labute approximate surface area is 230 Å². The summed E-state index contributed by atoms with van der Waals surface area (Å²) in [5, 5.41) is 14.7. The number of nitrogen functional groups attached to an aromatic ring is 1. The highest BCUT2D eigenvalue weighted by molar-refractivity contribution is 6.01. The zero-order valence-electron chi connectivity index (χ0n) is 21.3. The number of hydrogen-bond acceptors (Lipinski definition) is 7. The number of nitrogens with one attached hydrogen (secondary N) is 4. The van der Waals surface area contributed by atoms with Crippen molar-refractivity contribution in [2.24, 2.45) is 0 Å². The highest BCUT2D eigenvalue weighted by atomic mass is 19.4. The zero-order chi connectivity index (χ0) is 29.1. The third-order valence-electron chi connectivity index (χ3n) is 6.31. The third-order valence-corrected chi connectivity index (χ3v) is 6.31. The topological polar surface area (TPSA) is 148 Å². The Morgan fingerprint density at radius 2 is 1.90 bits per heavy atom. The number of ether oxygens (including phenoxy) is 1. The van der Waals surface area contributed by atoms with Crippen LogP contribution in [0.2, 0.25) is 0 Å². The van der Waals surface area contributed by atoms with Crippen LogP contribution in [0.15, 0.2) is 54.9 Å². The van der Waals surface area contributed by atoms with E-state index in [-0.39, 0.29) is 23.3 Å². The van der Waals surface area contributed by atoms with E-state index in [1.807, 2.05) is 0 Å². The zero-order valence-corrected chi connectivity index (χ0v) is 21.3. The average Bonchev–Trinajstić information content (AvgIpc) is 3.34. The molecular formula is C26H24F4N8O3. The first-order valence-electron chi connectivity index (χ1n) is 12.4. The number of nitrogens with two attached hydrogens (primary N) is 1. The molecule has 0 aliphatic carbocycles. The second-order valence-electron chi connectivity index (χ2n) is 9.10. The Bertz CT molecular complexity index is 1580. The molecule has 41 heavy (non-hydrogen) atoms. The van der Waals surface area contributed by atoms with Crippen LogP contribution >= 0.6 is 0 Å². The van der Waals surface area contributed by atoms with Crippen molar-refractivity contribution in [3.8, 4) is 11.1 Å². The number of anilines is 3. The molecule has 0 radical (unpaired) electrons. The maximum atomic E-state index is 14.0. The summed E-state index contributed by atoms with van der Waals surface area (Å²) in [5.41, 5.74) is 6.43. The fourth-order valence-corrected chi connectivity index (χ4v) is 4.31. The molecule has 15 heteroatoms. The predicted octanol–water partition coefficient (Wildman–Crippen LogP) is 3.50. The van der Waals surface area contributed by atoms with E-state index in [1.54, 1.807) is 18.2 Å². The van der Waals surface area contributed by atoms with E-state index in [9.17, 15) is 27.2 Å². The molecule has 0 saturated carbocycles. The van der Waals surface area contributed by atoms with Crippen LogP contribution in [-0.4, -0.2) is 58.9 Å². The van der Waals surface area contributed by atoms with Crippen molar-refractivity contribution in [2.45, 2.75) is 12.3 Å². The van der Waals surface area contributed by atoms with Crippen molar-refractivity contribution in [3.63, 3.8) is 0 Å². The molecule has 1 fully saturated rings. The lowest BCUT2D eigenvalue weighted by Crippen LogP contribution is -2.45. The molecule has 6 N–H and O–H groups in total. The third kappa shape index (κ3) is 6.20. The summed E-state index contributed by atoms with van der Waals surface area (Å²) in [5.74, 6) is -1.28. The molecule has 0 spiro atoms. The number of carbonyl (C=O) groups excluding carboxylic acids is 2. The standard InChI is InChI=1S/C26H24F4N8O3/c27-19-6-3-15(26(28,29)30)9-20(19)37-25(40)36-16-4-1-14(2-5-16)18-10-21(38-22(18)23(31)34-13-35-38)24(39)33-12-17-11-32-7-8-41-17/h1-6,9-10,13,17,32H,7-8,11-12H2,(H,33,39)(H2,31,34,35)(H2,36,37,40). The first-order valence-corrected chi connectivity index (χ1v) is 12.4. The minimum atomic E-state index is -4.70. The largest absolute Gasteiger partial charge is 0.416 e. The quantitative estimate of drug-likeness (QED) is 0.222. The number of carbonyl (C=O) groups is 2. The monoisotopic (exact) mass is 572 g/mol. The summed E-state index contributed by atoms with van der Waals surface area (Å²) < 4.78 is 59.8. The molecule has 2 aromatic carbocycles. The summed E-state index contributed by atoms with van der Waals surface area (Å²) >= 11 is 0. The van der Waals surface area contributed by atoms with Gasteiger partial charge in [-0.05, 0) is 42.0 Å². The molecule has 1 atom stereocenters. The minimum Gasteiger partial charge on any atom is -0.382 e. The molecule has 1 aliphatic heterocycles. The summed E-state index contributed by atoms with van der Waals surface area (Å²) in [4.78, 5) is 29.4. The van der Waals surface area contributed by atoms with Crippen molar-refractivity contribution in [1.82, 2.24) is 25.2 Å². The van der Waals surface area contributed by atoms with E-state index >= 15 is 0 Å². The van der Waals surface area contributed by atoms with Crippen LogP contribution < -0.4 is 27.0 Å². The molecule has 11 nitrogen and oxygen atoms in total. The Morgan fingerprint density at radius 1 is 1.12 bits per heavy atom. The number of morpholine rings is 1. The molecule has 5 rings (SSSR count). The van der Waals surface area contributed by atoms with Gasteiger partial charge in [0.2, 0.25) is 0 Å². The molecule has 2 aromatic heterocycles. The fourth-order valence-electron chi connectivity index (χ4n) is 4.31. The number of nitrogens with zero attached hydrogens (tertiary/aromatic N) is 3. The number of halogens is 4. The molecule has 4 aromatic rings. The van der Waals surface area contributed by atoms with Gasteiger partial charge in [0.05, 0.1) is 24.0 Å². The lowest BCUT2D eigenvalue weighted by atomic mass is 10.1. The van der Waals surface area contributed by atoms with Gasteiger partial charge >= 0.3 is 12.2 Å². The van der Waals surface area contributed by atoms with Crippen molar-refractivity contribution < 1.29 is 31.9 Å². The summed E-state index contributed by atoms with van der Waals surface area (Å²) in [7, 11) is 0. The van der Waals surface area contributed by atoms with Crippen molar-refractivity contribution in [3.05, 3.63) is 71.9 Å². The Hall–Kier alpha value is -4.76. The summed E-state index contributed by atoms with van der Waals surface area (Å²) in [6.07, 6.45) is -3.63. The van der Waals surface area contributed by atoms with Gasteiger partial charge in [0.15, 0.2) is 5.82 Å². The van der Waals surface area contributed by atoms with E-state index in [4.69, 9.17) is 10.5 Å². The van der Waals surface area contributed by atoms with Gasteiger partial charge in [0.1, 0.15) is 23.4 Å². The Balaban J connectivity index is 1.32. The van der Waals surface area contributed by atoms with Gasteiger partial charge in [-0.25, -0.2) is 18.7 Å². The summed E-state index contributed by atoms with van der Waals surface area (Å²) in [6.45, 7) is 2.21. The van der Waals surface area contributed by atoms with Crippen molar-refractivity contribution >= 4 is 34.6 Å². The van der Waals surface area contributed by atoms with E-state index in [1.165, 1.54) is 23.0 Å². The van der Waals surface area contributed by atoms with Crippen LogP contribution in [-0.2, 0) is 10.9 Å². The highest BCUT2D eigenvalue weighted by Gasteiger charge is 2.31. The number of rotatable bonds is 6. The van der Waals surface area contributed by atoms with E-state index < -0.39 is 35.2 Å². The number of amides is 3. The van der Waals surface area contributed by atoms with Crippen molar-refractivity contribution in [1.29, 1.82) is 0 Å². The lowest BCUT2D eigenvalue weighted by molar-refractivity contribution is -0.137. The van der Waals surface area contributed by atoms with Gasteiger partial charge in [-0.1, -0.05) is 12.1 Å². The maximum absolute atomic E-state index is 14.0. The molecule has 3 amide bonds. The van der Waals surface area contributed by atoms with Gasteiger partial charge in [-0.3, -0.25) is 4.79 Å². The minimum absolute atomic E-state index is 0.138. The van der Waals surface area contributed by atoms with Gasteiger partial charge < -0.3 is 31.7 Å². The van der Waals surface area contributed by atoms with E-state index in [0.29, 0.717) is 54.5 Å².